The summed E-state index contributed by atoms with van der Waals surface area (Å²) in [5, 5.41) is 2.72. The maximum absolute atomic E-state index is 14.3. The van der Waals surface area contributed by atoms with Crippen LogP contribution in [0, 0.1) is 16.4 Å². The third-order valence-electron chi connectivity index (χ3n) is 4.29. The van der Waals surface area contributed by atoms with E-state index in [0.29, 0.717) is 23.4 Å². The van der Waals surface area contributed by atoms with E-state index in [-0.39, 0.29) is 29.0 Å². The van der Waals surface area contributed by atoms with Crippen LogP contribution < -0.4 is 5.32 Å². The number of amides is 1. The van der Waals surface area contributed by atoms with Crippen molar-refractivity contribution in [1.29, 1.82) is 0 Å². The van der Waals surface area contributed by atoms with E-state index >= 15 is 0 Å². The van der Waals surface area contributed by atoms with E-state index in [4.69, 9.17) is 23.8 Å². The monoisotopic (exact) mass is 385 g/mol. The zero-order chi connectivity index (χ0) is 18.3. The van der Waals surface area contributed by atoms with Crippen LogP contribution in [0.25, 0.3) is 0 Å². The molecule has 25 heavy (non-hydrogen) atoms. The SMILES string of the molecule is CC(C)NC(=O)Cc1[nH]c(=S)n2c1C[C@@H](c1c(F)ccc(Cl)c1F)C2. The third-order valence-corrected chi connectivity index (χ3v) is 4.91. The lowest BCUT2D eigenvalue weighted by Gasteiger charge is -2.13. The Morgan fingerprint density at radius 2 is 2.20 bits per heavy atom. The lowest BCUT2D eigenvalue weighted by Crippen LogP contribution is -2.31. The standard InChI is InChI=1S/C17H18ClF2N3OS/c1-8(2)21-14(24)6-12-13-5-9(7-23(13)17(25)22-12)15-11(19)4-3-10(18)16(15)20/h3-4,8-9H,5-7H2,1-2H3,(H,21,24)(H,22,25)/t9-/m1/s1. The fourth-order valence-corrected chi connectivity index (χ4v) is 3.76. The van der Waals surface area contributed by atoms with Gasteiger partial charge in [0.1, 0.15) is 11.6 Å². The Hall–Kier alpha value is -1.73. The molecule has 1 aromatic heterocycles. The number of rotatable bonds is 4. The molecule has 1 atom stereocenters. The first kappa shape index (κ1) is 18.1. The Labute approximate surface area is 154 Å². The van der Waals surface area contributed by atoms with E-state index in [1.54, 1.807) is 4.57 Å². The molecule has 2 heterocycles. The second-order valence-electron chi connectivity index (χ2n) is 6.52. The molecule has 0 radical (unpaired) electrons. The molecule has 0 spiro atoms. The zero-order valence-electron chi connectivity index (χ0n) is 13.8. The number of carbonyl (C=O) groups excluding carboxylic acids is 1. The molecule has 0 bridgehead atoms. The van der Waals surface area contributed by atoms with Crippen molar-refractivity contribution in [3.63, 3.8) is 0 Å². The largest absolute Gasteiger partial charge is 0.354 e. The normalized spacial score (nSPS) is 16.3. The number of H-pyrrole nitrogens is 1. The van der Waals surface area contributed by atoms with Gasteiger partial charge in [0.2, 0.25) is 5.91 Å². The van der Waals surface area contributed by atoms with Crippen LogP contribution in [0.2, 0.25) is 5.02 Å². The van der Waals surface area contributed by atoms with Gasteiger partial charge in [0.15, 0.2) is 4.77 Å². The number of hydrogen-bond acceptors (Lipinski definition) is 2. The molecule has 134 valence electrons. The van der Waals surface area contributed by atoms with Crippen molar-refractivity contribution < 1.29 is 13.6 Å². The van der Waals surface area contributed by atoms with Crippen molar-refractivity contribution in [3.05, 3.63) is 50.5 Å². The number of benzene rings is 1. The summed E-state index contributed by atoms with van der Waals surface area (Å²) in [7, 11) is 0. The summed E-state index contributed by atoms with van der Waals surface area (Å²) in [6.07, 6.45) is 0.545. The lowest BCUT2D eigenvalue weighted by molar-refractivity contribution is -0.120. The fourth-order valence-electron chi connectivity index (χ4n) is 3.29. The summed E-state index contributed by atoms with van der Waals surface area (Å²) in [4.78, 5) is 15.1. The number of nitrogens with zero attached hydrogens (tertiary/aromatic N) is 1. The first-order valence-electron chi connectivity index (χ1n) is 8.01. The van der Waals surface area contributed by atoms with Gasteiger partial charge in [-0.2, -0.15) is 0 Å². The Morgan fingerprint density at radius 1 is 1.48 bits per heavy atom. The molecule has 0 saturated heterocycles. The van der Waals surface area contributed by atoms with E-state index in [9.17, 15) is 13.6 Å². The number of imidazole rings is 1. The number of nitrogens with one attached hydrogen (secondary N) is 2. The molecule has 8 heteroatoms. The van der Waals surface area contributed by atoms with Gasteiger partial charge in [-0.15, -0.1) is 0 Å². The summed E-state index contributed by atoms with van der Waals surface area (Å²) in [6.45, 7) is 4.11. The Kier molecular flexibility index (Phi) is 4.97. The molecular weight excluding hydrogens is 368 g/mol. The van der Waals surface area contributed by atoms with Crippen LogP contribution in [-0.4, -0.2) is 21.5 Å². The summed E-state index contributed by atoms with van der Waals surface area (Å²) >= 11 is 11.1. The topological polar surface area (TPSA) is 49.8 Å². The molecule has 1 aliphatic rings. The number of carbonyl (C=O) groups is 1. The van der Waals surface area contributed by atoms with Gasteiger partial charge < -0.3 is 14.9 Å². The number of fused-ring (bicyclic) bond motifs is 1. The Bertz CT molecular complexity index is 891. The molecule has 3 rings (SSSR count). The van der Waals surface area contributed by atoms with Gasteiger partial charge in [-0.25, -0.2) is 8.78 Å². The minimum Gasteiger partial charge on any atom is -0.354 e. The summed E-state index contributed by atoms with van der Waals surface area (Å²) < 4.78 is 30.7. The average Bonchev–Trinajstić information content (AvgIpc) is 3.05. The smallest absolute Gasteiger partial charge is 0.226 e. The Balaban J connectivity index is 1.89. The van der Waals surface area contributed by atoms with Crippen molar-refractivity contribution in [2.75, 3.05) is 0 Å². The molecule has 0 saturated carbocycles. The maximum Gasteiger partial charge on any atom is 0.226 e. The van der Waals surface area contributed by atoms with Crippen LogP contribution in [0.15, 0.2) is 12.1 Å². The highest BCUT2D eigenvalue weighted by Gasteiger charge is 2.31. The predicted octanol–water partition coefficient (Wildman–Crippen LogP) is 3.88. The number of aromatic nitrogens is 2. The molecular formula is C17H18ClF2N3OS. The summed E-state index contributed by atoms with van der Waals surface area (Å²) in [5.41, 5.74) is 1.48. The zero-order valence-corrected chi connectivity index (χ0v) is 15.4. The number of aromatic amines is 1. The molecule has 1 aromatic carbocycles. The van der Waals surface area contributed by atoms with Crippen molar-refractivity contribution in [3.8, 4) is 0 Å². The van der Waals surface area contributed by atoms with Gasteiger partial charge in [0.05, 0.1) is 11.4 Å². The average molecular weight is 386 g/mol. The summed E-state index contributed by atoms with van der Waals surface area (Å²) in [5.74, 6) is -1.88. The molecule has 2 aromatic rings. The maximum atomic E-state index is 14.3. The van der Waals surface area contributed by atoms with Crippen molar-refractivity contribution in [2.24, 2.45) is 0 Å². The van der Waals surface area contributed by atoms with E-state index < -0.39 is 17.6 Å². The number of hydrogen-bond donors (Lipinski definition) is 2. The lowest BCUT2D eigenvalue weighted by atomic mass is 9.95. The van der Waals surface area contributed by atoms with Gasteiger partial charge in [-0.3, -0.25) is 4.79 Å². The first-order valence-corrected chi connectivity index (χ1v) is 8.79. The second-order valence-corrected chi connectivity index (χ2v) is 7.32. The van der Waals surface area contributed by atoms with E-state index in [1.807, 2.05) is 13.8 Å². The molecule has 4 nitrogen and oxygen atoms in total. The minimum atomic E-state index is -0.730. The quantitative estimate of drug-likeness (QED) is 0.619. The van der Waals surface area contributed by atoms with Crippen LogP contribution in [0.3, 0.4) is 0 Å². The molecule has 0 fully saturated rings. The Morgan fingerprint density at radius 3 is 2.88 bits per heavy atom. The van der Waals surface area contributed by atoms with E-state index in [1.165, 1.54) is 12.1 Å². The van der Waals surface area contributed by atoms with Gasteiger partial charge in [-0.05, 0) is 44.6 Å². The van der Waals surface area contributed by atoms with Crippen LogP contribution in [-0.2, 0) is 24.2 Å². The molecule has 2 N–H and O–H groups in total. The number of halogens is 3. The molecule has 1 aliphatic heterocycles. The van der Waals surface area contributed by atoms with Crippen molar-refractivity contribution >= 4 is 29.7 Å². The highest BCUT2D eigenvalue weighted by atomic mass is 35.5. The fraction of sp³-hybridized carbons (Fsp3) is 0.412. The summed E-state index contributed by atoms with van der Waals surface area (Å²) in [6, 6.07) is 2.42. The third kappa shape index (κ3) is 3.48. The van der Waals surface area contributed by atoms with Crippen LogP contribution >= 0.6 is 23.8 Å². The van der Waals surface area contributed by atoms with Crippen LogP contribution in [0.5, 0.6) is 0 Å². The van der Waals surface area contributed by atoms with Gasteiger partial charge in [0, 0.05) is 35.5 Å². The molecule has 0 unspecified atom stereocenters. The second kappa shape index (κ2) is 6.88. The molecule has 0 aliphatic carbocycles. The van der Waals surface area contributed by atoms with Crippen LogP contribution in [0.4, 0.5) is 8.78 Å². The molecule has 1 amide bonds. The van der Waals surface area contributed by atoms with E-state index in [0.717, 1.165) is 5.69 Å². The predicted molar refractivity (Wildman–Crippen MR) is 94.4 cm³/mol. The minimum absolute atomic E-state index is 0.0248. The van der Waals surface area contributed by atoms with Gasteiger partial charge in [0.25, 0.3) is 0 Å². The first-order chi connectivity index (χ1) is 11.8. The highest BCUT2D eigenvalue weighted by molar-refractivity contribution is 7.71. The van der Waals surface area contributed by atoms with E-state index in [2.05, 4.69) is 10.3 Å². The van der Waals surface area contributed by atoms with Gasteiger partial charge in [-0.1, -0.05) is 11.6 Å². The van der Waals surface area contributed by atoms with Crippen molar-refractivity contribution in [1.82, 2.24) is 14.9 Å². The van der Waals surface area contributed by atoms with Crippen molar-refractivity contribution in [2.45, 2.75) is 45.2 Å². The van der Waals surface area contributed by atoms with Crippen LogP contribution in [0.1, 0.15) is 36.7 Å². The highest BCUT2D eigenvalue weighted by Crippen LogP contribution is 2.36. The van der Waals surface area contributed by atoms with Gasteiger partial charge >= 0.3 is 0 Å².